The van der Waals surface area contributed by atoms with Crippen LogP contribution < -0.4 is 9.88 Å². The van der Waals surface area contributed by atoms with Crippen LogP contribution in [0.3, 0.4) is 0 Å². The number of alkyl halides is 4. The second kappa shape index (κ2) is 6.21. The van der Waals surface area contributed by atoms with E-state index in [4.69, 9.17) is 14.6 Å². The average Bonchev–Trinajstić information content (AvgIpc) is 2.44. The van der Waals surface area contributed by atoms with E-state index < -0.39 is 44.8 Å². The number of rotatable bonds is 4. The average molecular weight is 358 g/mol. The molecule has 1 aromatic heterocycles. The number of halogens is 4. The molecule has 1 aliphatic heterocycles. The molecule has 1 fully saturated rings. The van der Waals surface area contributed by atoms with Gasteiger partial charge in [0.25, 0.3) is 0 Å². The van der Waals surface area contributed by atoms with Gasteiger partial charge in [-0.1, -0.05) is 0 Å². The Morgan fingerprint density at radius 2 is 1.96 bits per heavy atom. The predicted octanol–water partition coefficient (Wildman–Crippen LogP) is 1.65. The van der Waals surface area contributed by atoms with Crippen LogP contribution >= 0.6 is 0 Å². The van der Waals surface area contributed by atoms with Gasteiger partial charge >= 0.3 is 6.18 Å². The molecule has 0 aromatic carbocycles. The standard InChI is InChI=1S/C12H14F4N2O4S/c13-11(1-3-21-4-2-11)7-22-10-9(23(17,19)20)5-8(6-18-10)12(14,15)16/h5-6H,1-4,7H2,(H2,17,19,20). The van der Waals surface area contributed by atoms with Gasteiger partial charge in [0.15, 0.2) is 0 Å². The monoisotopic (exact) mass is 358 g/mol. The molecule has 0 aliphatic carbocycles. The van der Waals surface area contributed by atoms with E-state index in [-0.39, 0.29) is 26.1 Å². The number of primary sulfonamides is 1. The number of pyridine rings is 1. The fourth-order valence-corrected chi connectivity index (χ4v) is 2.62. The third-order valence-electron chi connectivity index (χ3n) is 3.31. The van der Waals surface area contributed by atoms with Crippen molar-refractivity contribution in [1.82, 2.24) is 4.98 Å². The van der Waals surface area contributed by atoms with Crippen LogP contribution in [0.25, 0.3) is 0 Å². The Balaban J connectivity index is 2.27. The summed E-state index contributed by atoms with van der Waals surface area (Å²) in [5.41, 5.74) is -3.06. The Kier molecular flexibility index (Phi) is 4.83. The lowest BCUT2D eigenvalue weighted by Gasteiger charge is -2.29. The molecule has 2 N–H and O–H groups in total. The topological polar surface area (TPSA) is 91.5 Å². The first kappa shape index (κ1) is 17.9. The second-order valence-corrected chi connectivity index (χ2v) is 6.65. The molecular weight excluding hydrogens is 344 g/mol. The van der Waals surface area contributed by atoms with Crippen molar-refractivity contribution < 1.29 is 35.5 Å². The molecule has 6 nitrogen and oxygen atoms in total. The van der Waals surface area contributed by atoms with Crippen molar-refractivity contribution in [3.05, 3.63) is 17.8 Å². The van der Waals surface area contributed by atoms with E-state index in [9.17, 15) is 26.0 Å². The van der Waals surface area contributed by atoms with Gasteiger partial charge in [0.1, 0.15) is 17.2 Å². The molecule has 0 atom stereocenters. The summed E-state index contributed by atoms with van der Waals surface area (Å²) in [6, 6.07) is 0.312. The molecule has 0 unspecified atom stereocenters. The van der Waals surface area contributed by atoms with Crippen molar-refractivity contribution >= 4 is 10.0 Å². The van der Waals surface area contributed by atoms with E-state index in [1.807, 2.05) is 0 Å². The summed E-state index contributed by atoms with van der Waals surface area (Å²) in [5, 5.41) is 4.88. The highest BCUT2D eigenvalue weighted by Crippen LogP contribution is 2.33. The van der Waals surface area contributed by atoms with Crippen LogP contribution in [0.15, 0.2) is 17.2 Å². The van der Waals surface area contributed by atoms with E-state index in [2.05, 4.69) is 4.98 Å². The van der Waals surface area contributed by atoms with Crippen LogP contribution in [0, 0.1) is 0 Å². The highest BCUT2D eigenvalue weighted by Gasteiger charge is 2.36. The number of aromatic nitrogens is 1. The molecule has 1 saturated heterocycles. The normalized spacial score (nSPS) is 18.7. The zero-order chi connectivity index (χ0) is 17.3. The molecule has 1 aromatic rings. The van der Waals surface area contributed by atoms with Gasteiger partial charge in [-0.05, 0) is 6.07 Å². The molecule has 0 saturated carbocycles. The summed E-state index contributed by atoms with van der Waals surface area (Å²) in [7, 11) is -4.52. The first-order chi connectivity index (χ1) is 10.5. The zero-order valence-electron chi connectivity index (χ0n) is 11.8. The van der Waals surface area contributed by atoms with Crippen LogP contribution in [0.5, 0.6) is 5.88 Å². The maximum Gasteiger partial charge on any atom is 0.417 e. The summed E-state index contributed by atoms with van der Waals surface area (Å²) in [6.07, 6.45) is -4.34. The first-order valence-electron chi connectivity index (χ1n) is 6.51. The Bertz CT molecular complexity index is 672. The van der Waals surface area contributed by atoms with Gasteiger partial charge in [-0.15, -0.1) is 0 Å². The van der Waals surface area contributed by atoms with Gasteiger partial charge < -0.3 is 9.47 Å². The summed E-state index contributed by atoms with van der Waals surface area (Å²) in [6.45, 7) is -0.220. The molecule has 130 valence electrons. The van der Waals surface area contributed by atoms with Gasteiger partial charge in [0.05, 0.1) is 5.56 Å². The largest absolute Gasteiger partial charge is 0.473 e. The quantitative estimate of drug-likeness (QED) is 0.827. The summed E-state index contributed by atoms with van der Waals surface area (Å²) in [5.74, 6) is -0.663. The molecule has 0 spiro atoms. The van der Waals surface area contributed by atoms with E-state index in [1.165, 1.54) is 0 Å². The molecule has 0 bridgehead atoms. The number of hydrogen-bond acceptors (Lipinski definition) is 5. The lowest BCUT2D eigenvalue weighted by molar-refractivity contribution is -0.138. The van der Waals surface area contributed by atoms with Crippen LogP contribution in [0.2, 0.25) is 0 Å². The van der Waals surface area contributed by atoms with Crippen molar-refractivity contribution in [2.75, 3.05) is 19.8 Å². The van der Waals surface area contributed by atoms with E-state index >= 15 is 0 Å². The minimum atomic E-state index is -4.80. The molecule has 2 heterocycles. The van der Waals surface area contributed by atoms with Gasteiger partial charge in [-0.25, -0.2) is 22.9 Å². The lowest BCUT2D eigenvalue weighted by Crippen LogP contribution is -2.37. The van der Waals surface area contributed by atoms with Gasteiger partial charge in [-0.3, -0.25) is 0 Å². The molecular formula is C12H14F4N2O4S. The van der Waals surface area contributed by atoms with Gasteiger partial charge in [-0.2, -0.15) is 13.2 Å². The molecule has 1 aliphatic rings. The third-order valence-corrected chi connectivity index (χ3v) is 4.21. The molecule has 2 rings (SSSR count). The van der Waals surface area contributed by atoms with Crippen molar-refractivity contribution in [2.45, 2.75) is 29.6 Å². The Morgan fingerprint density at radius 3 is 2.48 bits per heavy atom. The minimum absolute atomic E-state index is 0.0261. The third kappa shape index (κ3) is 4.52. The summed E-state index contributed by atoms with van der Waals surface area (Å²) >= 11 is 0. The second-order valence-electron chi connectivity index (χ2n) is 5.12. The van der Waals surface area contributed by atoms with E-state index in [0.29, 0.717) is 12.3 Å². The number of sulfonamides is 1. The van der Waals surface area contributed by atoms with Gasteiger partial charge in [0, 0.05) is 32.3 Å². The van der Waals surface area contributed by atoms with Crippen LogP contribution in [0.1, 0.15) is 18.4 Å². The predicted molar refractivity (Wildman–Crippen MR) is 70.0 cm³/mol. The highest BCUT2D eigenvalue weighted by molar-refractivity contribution is 7.89. The van der Waals surface area contributed by atoms with Crippen LogP contribution in [-0.2, 0) is 20.9 Å². The van der Waals surface area contributed by atoms with Crippen molar-refractivity contribution in [3.8, 4) is 5.88 Å². The first-order valence-corrected chi connectivity index (χ1v) is 8.05. The van der Waals surface area contributed by atoms with Crippen LogP contribution in [0.4, 0.5) is 17.6 Å². The van der Waals surface area contributed by atoms with Gasteiger partial charge in [0.2, 0.25) is 15.9 Å². The molecule has 0 radical (unpaired) electrons. The molecule has 11 heteroatoms. The Labute approximate surface area is 129 Å². The zero-order valence-corrected chi connectivity index (χ0v) is 12.6. The smallest absolute Gasteiger partial charge is 0.417 e. The molecule has 0 amide bonds. The number of hydrogen-bond donors (Lipinski definition) is 1. The maximum atomic E-state index is 14.4. The fourth-order valence-electron chi connectivity index (χ4n) is 1.98. The SMILES string of the molecule is NS(=O)(=O)c1cc(C(F)(F)F)cnc1OCC1(F)CCOCC1. The van der Waals surface area contributed by atoms with Crippen molar-refractivity contribution in [1.29, 1.82) is 0 Å². The van der Waals surface area contributed by atoms with E-state index in [1.54, 1.807) is 0 Å². The van der Waals surface area contributed by atoms with Crippen molar-refractivity contribution in [3.63, 3.8) is 0 Å². The number of nitrogens with two attached hydrogens (primary N) is 1. The molecule has 23 heavy (non-hydrogen) atoms. The Morgan fingerprint density at radius 1 is 1.35 bits per heavy atom. The highest BCUT2D eigenvalue weighted by atomic mass is 32.2. The lowest BCUT2D eigenvalue weighted by atomic mass is 9.98. The minimum Gasteiger partial charge on any atom is -0.473 e. The maximum absolute atomic E-state index is 14.4. The Hall–Kier alpha value is -1.46. The van der Waals surface area contributed by atoms with E-state index in [0.717, 1.165) is 0 Å². The number of ether oxygens (including phenoxy) is 2. The summed E-state index contributed by atoms with van der Waals surface area (Å²) in [4.78, 5) is 2.39. The van der Waals surface area contributed by atoms with Crippen LogP contribution in [-0.4, -0.2) is 38.9 Å². The number of nitrogens with zero attached hydrogens (tertiary/aromatic N) is 1. The van der Waals surface area contributed by atoms with Crippen molar-refractivity contribution in [2.24, 2.45) is 5.14 Å². The fraction of sp³-hybridized carbons (Fsp3) is 0.583. The summed E-state index contributed by atoms with van der Waals surface area (Å²) < 4.78 is 85.1.